The van der Waals surface area contributed by atoms with E-state index in [-0.39, 0.29) is 17.4 Å². The first kappa shape index (κ1) is 18.8. The lowest BCUT2D eigenvalue weighted by Crippen LogP contribution is -2.30. The number of carbonyl (C=O) groups excluding carboxylic acids is 2. The van der Waals surface area contributed by atoms with Crippen molar-refractivity contribution in [3.05, 3.63) is 47.0 Å². The van der Waals surface area contributed by atoms with Gasteiger partial charge in [0.25, 0.3) is 5.91 Å². The number of halogens is 1. The molecule has 1 amide bonds. The van der Waals surface area contributed by atoms with Gasteiger partial charge in [-0.2, -0.15) is 0 Å². The molecule has 1 heterocycles. The van der Waals surface area contributed by atoms with Crippen LogP contribution in [-0.4, -0.2) is 31.4 Å². The van der Waals surface area contributed by atoms with Gasteiger partial charge in [-0.05, 0) is 50.2 Å². The van der Waals surface area contributed by atoms with Gasteiger partial charge in [-0.15, -0.1) is 0 Å². The molecule has 0 aromatic heterocycles. The summed E-state index contributed by atoms with van der Waals surface area (Å²) in [6.07, 6.45) is -1.01. The summed E-state index contributed by atoms with van der Waals surface area (Å²) >= 11 is 6.06. The van der Waals surface area contributed by atoms with Gasteiger partial charge in [-0.1, -0.05) is 11.6 Å². The molecule has 3 rings (SSSR count). The topological polar surface area (TPSA) is 83.1 Å². The first-order chi connectivity index (χ1) is 13.0. The number of benzene rings is 2. The molecule has 0 saturated carbocycles. The van der Waals surface area contributed by atoms with Crippen LogP contribution in [0.25, 0.3) is 0 Å². The normalized spacial score (nSPS) is 13.0. The number of fused-ring (bicyclic) bond motifs is 1. The van der Waals surface area contributed by atoms with Gasteiger partial charge in [0.1, 0.15) is 5.75 Å². The Kier molecular flexibility index (Phi) is 5.71. The van der Waals surface area contributed by atoms with E-state index in [0.717, 1.165) is 0 Å². The van der Waals surface area contributed by atoms with Gasteiger partial charge >= 0.3 is 5.97 Å². The molecule has 0 fully saturated rings. The van der Waals surface area contributed by atoms with Crippen molar-refractivity contribution < 1.29 is 28.5 Å². The number of carbonyl (C=O) groups is 2. The Labute approximate surface area is 161 Å². The van der Waals surface area contributed by atoms with Crippen molar-refractivity contribution in [3.8, 4) is 17.2 Å². The van der Waals surface area contributed by atoms with E-state index in [2.05, 4.69) is 5.32 Å². The molecule has 1 atom stereocenters. The van der Waals surface area contributed by atoms with Crippen LogP contribution in [0.15, 0.2) is 36.4 Å². The highest BCUT2D eigenvalue weighted by atomic mass is 35.5. The second-order valence-electron chi connectivity index (χ2n) is 5.69. The molecule has 1 unspecified atom stereocenters. The number of hydrogen-bond donors (Lipinski definition) is 1. The lowest BCUT2D eigenvalue weighted by atomic mass is 10.2. The van der Waals surface area contributed by atoms with Crippen LogP contribution in [-0.2, 0) is 9.53 Å². The largest absolute Gasteiger partial charge is 0.494 e. The Hall–Kier alpha value is -2.93. The standard InChI is InChI=1S/C19H18ClNO6/c1-3-24-14-6-4-13(5-7-14)21-18(22)11(2)27-19(23)12-8-15(20)17-16(9-12)25-10-26-17/h4-9,11H,3,10H2,1-2H3,(H,21,22). The zero-order chi connectivity index (χ0) is 19.4. The van der Waals surface area contributed by atoms with E-state index in [4.69, 9.17) is 30.5 Å². The highest BCUT2D eigenvalue weighted by Gasteiger charge is 2.24. The molecule has 0 saturated heterocycles. The molecule has 8 heteroatoms. The maximum atomic E-state index is 12.3. The Balaban J connectivity index is 1.61. The molecule has 142 valence electrons. The average Bonchev–Trinajstić information content (AvgIpc) is 3.12. The maximum Gasteiger partial charge on any atom is 0.339 e. The smallest absolute Gasteiger partial charge is 0.339 e. The molecular formula is C19H18ClNO6. The number of rotatable bonds is 6. The van der Waals surface area contributed by atoms with Crippen molar-refractivity contribution in [2.75, 3.05) is 18.7 Å². The summed E-state index contributed by atoms with van der Waals surface area (Å²) in [6, 6.07) is 9.76. The summed E-state index contributed by atoms with van der Waals surface area (Å²) in [5.74, 6) is 0.300. The molecule has 2 aromatic rings. The van der Waals surface area contributed by atoms with Crippen molar-refractivity contribution in [1.29, 1.82) is 0 Å². The predicted octanol–water partition coefficient (Wildman–Crippen LogP) is 3.65. The summed E-state index contributed by atoms with van der Waals surface area (Å²) in [5, 5.41) is 2.92. The van der Waals surface area contributed by atoms with Gasteiger partial charge in [0.05, 0.1) is 17.2 Å². The van der Waals surface area contributed by atoms with Crippen LogP contribution in [0, 0.1) is 0 Å². The van der Waals surface area contributed by atoms with E-state index in [9.17, 15) is 9.59 Å². The summed E-state index contributed by atoms with van der Waals surface area (Å²) in [4.78, 5) is 24.6. The van der Waals surface area contributed by atoms with Gasteiger partial charge in [-0.3, -0.25) is 4.79 Å². The number of amides is 1. The Morgan fingerprint density at radius 2 is 1.96 bits per heavy atom. The minimum atomic E-state index is -1.01. The van der Waals surface area contributed by atoms with Crippen molar-refractivity contribution in [2.24, 2.45) is 0 Å². The molecular weight excluding hydrogens is 374 g/mol. The molecule has 7 nitrogen and oxygen atoms in total. The fraction of sp³-hybridized carbons (Fsp3) is 0.263. The Morgan fingerprint density at radius 3 is 2.67 bits per heavy atom. The first-order valence-electron chi connectivity index (χ1n) is 8.31. The van der Waals surface area contributed by atoms with Gasteiger partial charge in [0, 0.05) is 5.69 Å². The fourth-order valence-corrected chi connectivity index (χ4v) is 2.68. The molecule has 1 N–H and O–H groups in total. The van der Waals surface area contributed by atoms with Crippen molar-refractivity contribution >= 4 is 29.2 Å². The van der Waals surface area contributed by atoms with Crippen LogP contribution in [0.5, 0.6) is 17.2 Å². The number of ether oxygens (including phenoxy) is 4. The third kappa shape index (κ3) is 4.43. The van der Waals surface area contributed by atoms with Gasteiger partial charge in [0.15, 0.2) is 17.6 Å². The molecule has 1 aliphatic rings. The minimum Gasteiger partial charge on any atom is -0.494 e. The first-order valence-corrected chi connectivity index (χ1v) is 8.69. The van der Waals surface area contributed by atoms with E-state index in [1.54, 1.807) is 24.3 Å². The van der Waals surface area contributed by atoms with Gasteiger partial charge in [-0.25, -0.2) is 4.79 Å². The third-order valence-electron chi connectivity index (χ3n) is 3.75. The van der Waals surface area contributed by atoms with E-state index in [1.165, 1.54) is 19.1 Å². The molecule has 27 heavy (non-hydrogen) atoms. The van der Waals surface area contributed by atoms with E-state index in [1.807, 2.05) is 6.92 Å². The van der Waals surface area contributed by atoms with Crippen molar-refractivity contribution in [3.63, 3.8) is 0 Å². The monoisotopic (exact) mass is 391 g/mol. The molecule has 0 aliphatic carbocycles. The van der Waals surface area contributed by atoms with Crippen LogP contribution >= 0.6 is 11.6 Å². The van der Waals surface area contributed by atoms with Crippen LogP contribution in [0.2, 0.25) is 5.02 Å². The Bertz CT molecular complexity index is 852. The highest BCUT2D eigenvalue weighted by molar-refractivity contribution is 6.32. The second kappa shape index (κ2) is 8.18. The summed E-state index contributed by atoms with van der Waals surface area (Å²) in [5.41, 5.74) is 0.738. The number of esters is 1. The third-order valence-corrected chi connectivity index (χ3v) is 4.03. The van der Waals surface area contributed by atoms with E-state index >= 15 is 0 Å². The molecule has 0 spiro atoms. The SMILES string of the molecule is CCOc1ccc(NC(=O)C(C)OC(=O)c2cc(Cl)c3c(c2)OCO3)cc1. The van der Waals surface area contributed by atoms with Gasteiger partial charge in [0.2, 0.25) is 6.79 Å². The van der Waals surface area contributed by atoms with E-state index < -0.39 is 18.0 Å². The molecule has 1 aliphatic heterocycles. The molecule has 0 bridgehead atoms. The lowest BCUT2D eigenvalue weighted by Gasteiger charge is -2.14. The molecule has 0 radical (unpaired) electrons. The zero-order valence-corrected chi connectivity index (χ0v) is 15.5. The quantitative estimate of drug-likeness (QED) is 0.757. The van der Waals surface area contributed by atoms with Crippen molar-refractivity contribution in [2.45, 2.75) is 20.0 Å². The van der Waals surface area contributed by atoms with Crippen molar-refractivity contribution in [1.82, 2.24) is 0 Å². The maximum absolute atomic E-state index is 12.3. The number of anilines is 1. The van der Waals surface area contributed by atoms with Crippen LogP contribution in [0.1, 0.15) is 24.2 Å². The summed E-state index contributed by atoms with van der Waals surface area (Å²) in [7, 11) is 0. The van der Waals surface area contributed by atoms with E-state index in [0.29, 0.717) is 29.5 Å². The fourth-order valence-electron chi connectivity index (χ4n) is 2.41. The zero-order valence-electron chi connectivity index (χ0n) is 14.8. The summed E-state index contributed by atoms with van der Waals surface area (Å²) in [6.45, 7) is 3.96. The predicted molar refractivity (Wildman–Crippen MR) is 98.7 cm³/mol. The second-order valence-corrected chi connectivity index (χ2v) is 6.09. The van der Waals surface area contributed by atoms with Crippen LogP contribution in [0.4, 0.5) is 5.69 Å². The lowest BCUT2D eigenvalue weighted by molar-refractivity contribution is -0.123. The molecule has 2 aromatic carbocycles. The van der Waals surface area contributed by atoms with Crippen LogP contribution < -0.4 is 19.5 Å². The summed E-state index contributed by atoms with van der Waals surface area (Å²) < 4.78 is 21.0. The van der Waals surface area contributed by atoms with Crippen LogP contribution in [0.3, 0.4) is 0 Å². The Morgan fingerprint density at radius 1 is 1.22 bits per heavy atom. The highest BCUT2D eigenvalue weighted by Crippen LogP contribution is 2.39. The number of hydrogen-bond acceptors (Lipinski definition) is 6. The number of nitrogens with one attached hydrogen (secondary N) is 1. The minimum absolute atomic E-state index is 0.0362. The average molecular weight is 392 g/mol. The van der Waals surface area contributed by atoms with Gasteiger partial charge < -0.3 is 24.3 Å².